The number of hydrogen-bond acceptors (Lipinski definition) is 4. The highest BCUT2D eigenvalue weighted by atomic mass is 32.2. The summed E-state index contributed by atoms with van der Waals surface area (Å²) in [6.45, 7) is 0. The fraction of sp³-hybridized carbons (Fsp3) is 0.190. The summed E-state index contributed by atoms with van der Waals surface area (Å²) in [6, 6.07) is 9.62. The van der Waals surface area contributed by atoms with Crippen LogP contribution in [-0.4, -0.2) is 15.5 Å². The molecule has 0 spiro atoms. The molecule has 9 heteroatoms. The van der Waals surface area contributed by atoms with Crippen LogP contribution in [0, 0.1) is 17.5 Å². The van der Waals surface area contributed by atoms with Gasteiger partial charge in [0.2, 0.25) is 5.91 Å². The second-order valence-electron chi connectivity index (χ2n) is 6.88. The van der Waals surface area contributed by atoms with E-state index in [1.54, 1.807) is 23.7 Å². The zero-order valence-electron chi connectivity index (χ0n) is 15.8. The number of carbonyl (C=O) groups excluding carboxylic acids is 1. The second-order valence-corrected chi connectivity index (χ2v) is 7.83. The molecule has 1 aliphatic rings. The highest BCUT2D eigenvalue weighted by Gasteiger charge is 2.34. The fourth-order valence-corrected chi connectivity index (χ4v) is 4.37. The first-order valence-corrected chi connectivity index (χ1v) is 10.1. The van der Waals surface area contributed by atoms with Gasteiger partial charge in [-0.3, -0.25) is 9.59 Å². The summed E-state index contributed by atoms with van der Waals surface area (Å²) in [4.78, 5) is 29.2. The maximum absolute atomic E-state index is 14.4. The third-order valence-electron chi connectivity index (χ3n) is 4.94. The number of nitrogens with one attached hydrogen (secondary N) is 1. The number of benzene rings is 2. The number of thioether (sulfide) groups is 1. The van der Waals surface area contributed by atoms with Crippen LogP contribution >= 0.6 is 11.8 Å². The molecule has 30 heavy (non-hydrogen) atoms. The van der Waals surface area contributed by atoms with Crippen molar-refractivity contribution >= 4 is 23.5 Å². The van der Waals surface area contributed by atoms with Crippen LogP contribution in [0.3, 0.4) is 0 Å². The van der Waals surface area contributed by atoms with Gasteiger partial charge in [0, 0.05) is 25.1 Å². The molecule has 0 saturated heterocycles. The van der Waals surface area contributed by atoms with E-state index in [-0.39, 0.29) is 29.2 Å². The lowest BCUT2D eigenvalue weighted by Crippen LogP contribution is -2.34. The number of fused-ring (bicyclic) bond motifs is 1. The van der Waals surface area contributed by atoms with Crippen molar-refractivity contribution in [2.24, 2.45) is 7.05 Å². The molecule has 1 atom stereocenters. The van der Waals surface area contributed by atoms with E-state index in [0.29, 0.717) is 10.9 Å². The number of carbonyl (C=O) groups is 1. The third kappa shape index (κ3) is 3.72. The van der Waals surface area contributed by atoms with Crippen LogP contribution in [0.1, 0.15) is 29.0 Å². The predicted octanol–water partition coefficient (Wildman–Crippen LogP) is 3.96. The van der Waals surface area contributed by atoms with Gasteiger partial charge in [0.05, 0.1) is 5.56 Å². The molecule has 0 aliphatic carbocycles. The Morgan fingerprint density at radius 1 is 1.13 bits per heavy atom. The molecule has 3 aromatic rings. The number of rotatable bonds is 4. The molecule has 0 bridgehead atoms. The Hall–Kier alpha value is -3.07. The molecular formula is C21H16F3N3O2S. The first-order valence-electron chi connectivity index (χ1n) is 9.07. The topological polar surface area (TPSA) is 64.0 Å². The van der Waals surface area contributed by atoms with Crippen LogP contribution in [0.15, 0.2) is 52.4 Å². The van der Waals surface area contributed by atoms with E-state index in [1.165, 1.54) is 36.0 Å². The number of anilines is 1. The molecule has 5 nitrogen and oxygen atoms in total. The SMILES string of the molecule is Cn1c(SCc2ccc(F)cc2)nc(=O)c2c1NC(=O)C[C@@H]2c1cccc(F)c1F. The fourth-order valence-electron chi connectivity index (χ4n) is 3.45. The lowest BCUT2D eigenvalue weighted by atomic mass is 9.86. The van der Waals surface area contributed by atoms with Crippen molar-refractivity contribution in [2.75, 3.05) is 5.32 Å². The number of hydrogen-bond donors (Lipinski definition) is 1. The maximum Gasteiger partial charge on any atom is 0.279 e. The summed E-state index contributed by atoms with van der Waals surface area (Å²) in [5, 5.41) is 2.99. The first-order chi connectivity index (χ1) is 14.3. The highest BCUT2D eigenvalue weighted by Crippen LogP contribution is 2.37. The van der Waals surface area contributed by atoms with Gasteiger partial charge in [-0.25, -0.2) is 13.2 Å². The minimum atomic E-state index is -1.08. The molecular weight excluding hydrogens is 415 g/mol. The minimum Gasteiger partial charge on any atom is -0.312 e. The standard InChI is InChI=1S/C21H16F3N3O2S/c1-27-19-17(14(9-16(28)25-19)13-3-2-4-15(23)18(13)24)20(29)26-21(27)30-10-11-5-7-12(22)8-6-11/h2-8,14H,9-10H2,1H3,(H,25,28)/t14-/m1/s1. The number of nitrogens with zero attached hydrogens (tertiary/aromatic N) is 2. The Labute approximate surface area is 174 Å². The van der Waals surface area contributed by atoms with E-state index < -0.39 is 29.0 Å². The molecule has 1 N–H and O–H groups in total. The zero-order valence-corrected chi connectivity index (χ0v) is 16.6. The van der Waals surface area contributed by atoms with Gasteiger partial charge >= 0.3 is 0 Å². The zero-order chi connectivity index (χ0) is 21.4. The maximum atomic E-state index is 14.4. The molecule has 0 unspecified atom stereocenters. The van der Waals surface area contributed by atoms with E-state index in [2.05, 4.69) is 10.3 Å². The van der Waals surface area contributed by atoms with Crippen LogP contribution in [0.25, 0.3) is 0 Å². The monoisotopic (exact) mass is 431 g/mol. The van der Waals surface area contributed by atoms with E-state index in [0.717, 1.165) is 11.6 Å². The van der Waals surface area contributed by atoms with Crippen molar-refractivity contribution in [3.63, 3.8) is 0 Å². The molecule has 0 radical (unpaired) electrons. The average Bonchev–Trinajstić information content (AvgIpc) is 2.72. The number of aromatic nitrogens is 2. The molecule has 0 saturated carbocycles. The van der Waals surface area contributed by atoms with Crippen LogP contribution in [0.2, 0.25) is 0 Å². The Kier molecular flexibility index (Phi) is 5.38. The molecule has 4 rings (SSSR count). The predicted molar refractivity (Wildman–Crippen MR) is 107 cm³/mol. The second kappa shape index (κ2) is 7.98. The number of amides is 1. The average molecular weight is 431 g/mol. The summed E-state index contributed by atoms with van der Waals surface area (Å²) in [7, 11) is 1.63. The highest BCUT2D eigenvalue weighted by molar-refractivity contribution is 7.98. The van der Waals surface area contributed by atoms with E-state index in [1.807, 2.05) is 0 Å². The van der Waals surface area contributed by atoms with Gasteiger partial charge in [-0.05, 0) is 29.3 Å². The molecule has 1 amide bonds. The van der Waals surface area contributed by atoms with Gasteiger partial charge in [0.15, 0.2) is 16.8 Å². The molecule has 2 aromatic carbocycles. The summed E-state index contributed by atoms with van der Waals surface area (Å²) in [5.74, 6) is -3.19. The van der Waals surface area contributed by atoms with Gasteiger partial charge < -0.3 is 9.88 Å². The molecule has 0 fully saturated rings. The smallest absolute Gasteiger partial charge is 0.279 e. The van der Waals surface area contributed by atoms with Crippen molar-refractivity contribution in [2.45, 2.75) is 23.2 Å². The lowest BCUT2D eigenvalue weighted by Gasteiger charge is -2.27. The quantitative estimate of drug-likeness (QED) is 0.502. The molecule has 1 aliphatic heterocycles. The van der Waals surface area contributed by atoms with Crippen molar-refractivity contribution < 1.29 is 18.0 Å². The molecule has 154 valence electrons. The lowest BCUT2D eigenvalue weighted by molar-refractivity contribution is -0.116. The van der Waals surface area contributed by atoms with Crippen LogP contribution in [0.4, 0.5) is 19.0 Å². The Balaban J connectivity index is 1.74. The summed E-state index contributed by atoms with van der Waals surface area (Å²) in [5.41, 5.74) is 0.278. The van der Waals surface area contributed by atoms with Crippen LogP contribution in [0.5, 0.6) is 0 Å². The minimum absolute atomic E-state index is 0.0586. The largest absolute Gasteiger partial charge is 0.312 e. The van der Waals surface area contributed by atoms with Crippen molar-refractivity contribution in [1.29, 1.82) is 0 Å². The van der Waals surface area contributed by atoms with E-state index in [9.17, 15) is 22.8 Å². The van der Waals surface area contributed by atoms with E-state index in [4.69, 9.17) is 0 Å². The van der Waals surface area contributed by atoms with Gasteiger partial charge in [0.1, 0.15) is 11.6 Å². The van der Waals surface area contributed by atoms with Gasteiger partial charge in [-0.1, -0.05) is 36.0 Å². The summed E-state index contributed by atoms with van der Waals surface area (Å²) < 4.78 is 42.7. The van der Waals surface area contributed by atoms with Crippen molar-refractivity contribution in [3.05, 3.63) is 87.0 Å². The van der Waals surface area contributed by atoms with Crippen LogP contribution < -0.4 is 10.9 Å². The summed E-state index contributed by atoms with van der Waals surface area (Å²) >= 11 is 1.24. The first kappa shape index (κ1) is 20.2. The summed E-state index contributed by atoms with van der Waals surface area (Å²) in [6.07, 6.45) is -0.188. The Bertz CT molecular complexity index is 1200. The van der Waals surface area contributed by atoms with Crippen molar-refractivity contribution in [3.8, 4) is 0 Å². The Morgan fingerprint density at radius 3 is 2.60 bits per heavy atom. The molecule has 1 aromatic heterocycles. The van der Waals surface area contributed by atoms with Gasteiger partial charge in [-0.2, -0.15) is 4.98 Å². The normalized spacial score (nSPS) is 15.6. The third-order valence-corrected chi connectivity index (χ3v) is 6.04. The van der Waals surface area contributed by atoms with Crippen molar-refractivity contribution in [1.82, 2.24) is 9.55 Å². The molecule has 2 heterocycles. The Morgan fingerprint density at radius 2 is 1.87 bits per heavy atom. The van der Waals surface area contributed by atoms with Crippen LogP contribution in [-0.2, 0) is 17.6 Å². The van der Waals surface area contributed by atoms with Gasteiger partial charge in [-0.15, -0.1) is 0 Å². The van der Waals surface area contributed by atoms with Gasteiger partial charge in [0.25, 0.3) is 5.56 Å². The number of halogens is 3. The van der Waals surface area contributed by atoms with E-state index >= 15 is 0 Å².